The van der Waals surface area contributed by atoms with Gasteiger partial charge in [-0.2, -0.15) is 0 Å². The van der Waals surface area contributed by atoms with Crippen molar-refractivity contribution in [2.45, 2.75) is 38.6 Å². The fourth-order valence-corrected chi connectivity index (χ4v) is 3.65. The van der Waals surface area contributed by atoms with E-state index >= 15 is 0 Å². The van der Waals surface area contributed by atoms with Crippen molar-refractivity contribution >= 4 is 11.6 Å². The molecular formula is C24H34N2O2. The van der Waals surface area contributed by atoms with E-state index in [1.54, 1.807) is 14.2 Å². The van der Waals surface area contributed by atoms with Gasteiger partial charge >= 0.3 is 0 Å². The van der Waals surface area contributed by atoms with E-state index in [1.165, 1.54) is 5.56 Å². The molecule has 1 aliphatic heterocycles. The number of piperidine rings is 1. The molecule has 1 amide bonds. The third-order valence-corrected chi connectivity index (χ3v) is 5.09. The van der Waals surface area contributed by atoms with Crippen LogP contribution in [0.4, 0.5) is 5.69 Å². The summed E-state index contributed by atoms with van der Waals surface area (Å²) in [6.45, 7) is 5.19. The first-order valence-electron chi connectivity index (χ1n) is 10.2. The molecule has 0 bridgehead atoms. The number of anilines is 1. The average Bonchev–Trinajstić information content (AvgIpc) is 2.75. The van der Waals surface area contributed by atoms with Crippen molar-refractivity contribution in [1.29, 1.82) is 0 Å². The summed E-state index contributed by atoms with van der Waals surface area (Å²) < 4.78 is 4.25. The summed E-state index contributed by atoms with van der Waals surface area (Å²) in [5, 5.41) is 0. The van der Waals surface area contributed by atoms with Gasteiger partial charge in [0, 0.05) is 52.0 Å². The smallest absolute Gasteiger partial charge is 0.226 e. The highest BCUT2D eigenvalue weighted by Crippen LogP contribution is 2.24. The van der Waals surface area contributed by atoms with Crippen molar-refractivity contribution in [3.05, 3.63) is 66.2 Å². The van der Waals surface area contributed by atoms with E-state index in [1.807, 2.05) is 30.0 Å². The summed E-state index contributed by atoms with van der Waals surface area (Å²) in [5.74, 6) is 0.230. The number of nitrogens with zero attached hydrogens (tertiary/aromatic N) is 2. The van der Waals surface area contributed by atoms with Gasteiger partial charge in [0.15, 0.2) is 0 Å². The molecular weight excluding hydrogens is 348 g/mol. The van der Waals surface area contributed by atoms with Gasteiger partial charge in [0.1, 0.15) is 0 Å². The first-order chi connectivity index (χ1) is 13.7. The van der Waals surface area contributed by atoms with Gasteiger partial charge in [0.25, 0.3) is 0 Å². The number of hydrogen-bond donors (Lipinski definition) is 0. The van der Waals surface area contributed by atoms with Crippen molar-refractivity contribution in [3.63, 3.8) is 0 Å². The molecule has 4 nitrogen and oxygen atoms in total. The van der Waals surface area contributed by atoms with Crippen LogP contribution >= 0.6 is 0 Å². The van der Waals surface area contributed by atoms with E-state index in [9.17, 15) is 4.79 Å². The Labute approximate surface area is 170 Å². The molecule has 4 heteroatoms. The summed E-state index contributed by atoms with van der Waals surface area (Å²) in [7, 11) is 3.25. The molecule has 0 atom stereocenters. The molecule has 0 N–H and O–H groups in total. The number of carbonyl (C=O) groups is 1. The zero-order valence-electron chi connectivity index (χ0n) is 17.5. The second-order valence-electron chi connectivity index (χ2n) is 7.17. The van der Waals surface area contributed by atoms with E-state index in [0.29, 0.717) is 12.5 Å². The van der Waals surface area contributed by atoms with Crippen molar-refractivity contribution in [2.75, 3.05) is 38.8 Å². The highest BCUT2D eigenvalue weighted by atomic mass is 16.4. The van der Waals surface area contributed by atoms with Gasteiger partial charge in [-0.15, -0.1) is 0 Å². The minimum Gasteiger partial charge on any atom is -0.388 e. The SMILES string of the molecule is CCC(=O)N(c1ccccc1)C1CCN(CCc2ccccc2)CC1.COC. The molecule has 0 saturated carbocycles. The number of carbonyl (C=O) groups excluding carboxylic acids is 1. The Morgan fingerprint density at radius 1 is 1.00 bits per heavy atom. The van der Waals surface area contributed by atoms with Crippen LogP contribution in [0.2, 0.25) is 0 Å². The first-order valence-corrected chi connectivity index (χ1v) is 10.2. The Morgan fingerprint density at radius 2 is 1.54 bits per heavy atom. The Kier molecular flexibility index (Phi) is 9.73. The van der Waals surface area contributed by atoms with Crippen LogP contribution < -0.4 is 4.90 Å². The minimum atomic E-state index is 0.230. The van der Waals surface area contributed by atoms with Gasteiger partial charge in [-0.3, -0.25) is 4.79 Å². The van der Waals surface area contributed by atoms with Gasteiger partial charge in [-0.1, -0.05) is 55.5 Å². The highest BCUT2D eigenvalue weighted by Gasteiger charge is 2.28. The third-order valence-electron chi connectivity index (χ3n) is 5.09. The second kappa shape index (κ2) is 12.3. The Morgan fingerprint density at radius 3 is 2.07 bits per heavy atom. The third kappa shape index (κ3) is 6.77. The van der Waals surface area contributed by atoms with Crippen LogP contribution in [0.3, 0.4) is 0 Å². The fraction of sp³-hybridized carbons (Fsp3) is 0.458. The van der Waals surface area contributed by atoms with Gasteiger partial charge in [-0.05, 0) is 37.0 Å². The summed E-state index contributed by atoms with van der Waals surface area (Å²) in [5.41, 5.74) is 2.44. The summed E-state index contributed by atoms with van der Waals surface area (Å²) in [4.78, 5) is 17.1. The lowest BCUT2D eigenvalue weighted by Gasteiger charge is -2.38. The second-order valence-corrected chi connectivity index (χ2v) is 7.17. The van der Waals surface area contributed by atoms with E-state index in [2.05, 4.69) is 52.1 Å². The number of amides is 1. The van der Waals surface area contributed by atoms with Crippen molar-refractivity contribution in [2.24, 2.45) is 0 Å². The van der Waals surface area contributed by atoms with E-state index in [4.69, 9.17) is 0 Å². The summed E-state index contributed by atoms with van der Waals surface area (Å²) in [6, 6.07) is 21.1. The van der Waals surface area contributed by atoms with Gasteiger partial charge in [0.05, 0.1) is 0 Å². The number of benzene rings is 2. The monoisotopic (exact) mass is 382 g/mol. The number of likely N-dealkylation sites (tertiary alicyclic amines) is 1. The number of hydrogen-bond acceptors (Lipinski definition) is 3. The molecule has 1 saturated heterocycles. The van der Waals surface area contributed by atoms with E-state index in [0.717, 1.165) is 44.6 Å². The topological polar surface area (TPSA) is 32.8 Å². The van der Waals surface area contributed by atoms with Gasteiger partial charge in [-0.25, -0.2) is 0 Å². The molecule has 1 aliphatic rings. The molecule has 0 aromatic heterocycles. The maximum Gasteiger partial charge on any atom is 0.226 e. The minimum absolute atomic E-state index is 0.230. The van der Waals surface area contributed by atoms with Crippen molar-refractivity contribution in [3.8, 4) is 0 Å². The van der Waals surface area contributed by atoms with E-state index < -0.39 is 0 Å². The van der Waals surface area contributed by atoms with Crippen LogP contribution in [0, 0.1) is 0 Å². The lowest BCUT2D eigenvalue weighted by molar-refractivity contribution is -0.119. The van der Waals surface area contributed by atoms with E-state index in [-0.39, 0.29) is 5.91 Å². The van der Waals surface area contributed by atoms with Crippen molar-refractivity contribution in [1.82, 2.24) is 4.90 Å². The molecule has 152 valence electrons. The van der Waals surface area contributed by atoms with Crippen LogP contribution in [0.15, 0.2) is 60.7 Å². The molecule has 3 rings (SSSR count). The average molecular weight is 383 g/mol. The largest absolute Gasteiger partial charge is 0.388 e. The summed E-state index contributed by atoms with van der Waals surface area (Å²) in [6.07, 6.45) is 3.76. The lowest BCUT2D eigenvalue weighted by atomic mass is 10.0. The molecule has 1 heterocycles. The maximum atomic E-state index is 12.5. The van der Waals surface area contributed by atoms with Crippen molar-refractivity contribution < 1.29 is 9.53 Å². The predicted octanol–water partition coefficient (Wildman–Crippen LogP) is 4.40. The molecule has 0 unspecified atom stereocenters. The number of para-hydroxylation sites is 1. The molecule has 0 spiro atoms. The van der Waals surface area contributed by atoms with Gasteiger partial charge in [0.2, 0.25) is 5.91 Å². The molecule has 2 aromatic carbocycles. The fourth-order valence-electron chi connectivity index (χ4n) is 3.65. The predicted molar refractivity (Wildman–Crippen MR) is 117 cm³/mol. The molecule has 1 fully saturated rings. The lowest BCUT2D eigenvalue weighted by Crippen LogP contribution is -2.47. The maximum absolute atomic E-state index is 12.5. The highest BCUT2D eigenvalue weighted by molar-refractivity contribution is 5.93. The Hall–Kier alpha value is -2.17. The van der Waals surface area contributed by atoms with Crippen LogP contribution in [0.5, 0.6) is 0 Å². The Bertz CT molecular complexity index is 668. The quantitative estimate of drug-likeness (QED) is 0.742. The normalized spacial score (nSPS) is 14.8. The molecule has 28 heavy (non-hydrogen) atoms. The number of methoxy groups -OCH3 is 1. The standard InChI is InChI=1S/C22H28N2O.C2H6O/c1-2-22(25)24(20-11-7-4-8-12-20)21-14-17-23(18-15-21)16-13-19-9-5-3-6-10-19;1-3-2/h3-12,21H,2,13-18H2,1H3;1-2H3. The summed E-state index contributed by atoms with van der Waals surface area (Å²) >= 11 is 0. The molecule has 0 aliphatic carbocycles. The van der Waals surface area contributed by atoms with Crippen LogP contribution in [-0.4, -0.2) is 50.7 Å². The van der Waals surface area contributed by atoms with Crippen LogP contribution in [0.1, 0.15) is 31.7 Å². The Balaban J connectivity index is 0.000000878. The molecule has 0 radical (unpaired) electrons. The van der Waals surface area contributed by atoms with Crippen LogP contribution in [0.25, 0.3) is 0 Å². The van der Waals surface area contributed by atoms with Crippen LogP contribution in [-0.2, 0) is 16.0 Å². The molecule has 2 aromatic rings. The zero-order valence-corrected chi connectivity index (χ0v) is 17.5. The number of rotatable bonds is 6. The first kappa shape index (κ1) is 22.1. The zero-order chi connectivity index (χ0) is 20.2. The number of ether oxygens (including phenoxy) is 1. The van der Waals surface area contributed by atoms with Gasteiger partial charge < -0.3 is 14.5 Å².